The first kappa shape index (κ1) is 13.3. The topological polar surface area (TPSA) is 39.2 Å². The first-order valence-electron chi connectivity index (χ1n) is 4.28. The summed E-state index contributed by atoms with van der Waals surface area (Å²) in [5.74, 6) is -0.769. The van der Waals surface area contributed by atoms with E-state index in [4.69, 9.17) is 11.6 Å². The largest absolute Gasteiger partial charge is 0.462 e. The van der Waals surface area contributed by atoms with Crippen LogP contribution in [0.2, 0.25) is 5.02 Å². The predicted octanol–water partition coefficient (Wildman–Crippen LogP) is 3.61. The minimum Gasteiger partial charge on any atom is -0.462 e. The van der Waals surface area contributed by atoms with Crippen LogP contribution in [0.5, 0.6) is 0 Å². The van der Waals surface area contributed by atoms with Crippen LogP contribution in [-0.4, -0.2) is 17.6 Å². The summed E-state index contributed by atoms with van der Waals surface area (Å²) in [4.78, 5) is 15.0. The van der Waals surface area contributed by atoms with Gasteiger partial charge in [0.1, 0.15) is 4.60 Å². The highest BCUT2D eigenvalue weighted by molar-refractivity contribution is 9.10. The fraction of sp³-hybridized carbons (Fsp3) is 0.333. The molecule has 88 valence electrons. The Hall–Kier alpha value is -0.750. The quantitative estimate of drug-likeness (QED) is 0.632. The summed E-state index contributed by atoms with van der Waals surface area (Å²) >= 11 is 8.53. The van der Waals surface area contributed by atoms with Gasteiger partial charge in [-0.05, 0) is 22.9 Å². The molecule has 0 spiro atoms. The fourth-order valence-corrected chi connectivity index (χ4v) is 1.91. The molecule has 16 heavy (non-hydrogen) atoms. The Morgan fingerprint density at radius 1 is 1.69 bits per heavy atom. The number of esters is 1. The third-order valence-electron chi connectivity index (χ3n) is 1.72. The van der Waals surface area contributed by atoms with Crippen LogP contribution in [-0.2, 0) is 4.74 Å². The van der Waals surface area contributed by atoms with Gasteiger partial charge in [-0.25, -0.2) is 18.6 Å². The molecule has 0 atom stereocenters. The number of carbonyl (C=O) groups excluding carboxylic acids is 1. The number of carbonyl (C=O) groups is 1. The number of pyridine rings is 1. The van der Waals surface area contributed by atoms with Crippen LogP contribution in [0.15, 0.2) is 10.8 Å². The van der Waals surface area contributed by atoms with Crippen molar-refractivity contribution in [3.8, 4) is 0 Å². The van der Waals surface area contributed by atoms with Crippen LogP contribution in [0.25, 0.3) is 0 Å². The van der Waals surface area contributed by atoms with Gasteiger partial charge >= 0.3 is 5.97 Å². The fourth-order valence-electron chi connectivity index (χ4n) is 1.02. The number of rotatable bonds is 3. The lowest BCUT2D eigenvalue weighted by Gasteiger charge is -2.09. The molecule has 0 amide bonds. The monoisotopic (exact) mass is 313 g/mol. The first-order chi connectivity index (χ1) is 7.49. The Kier molecular flexibility index (Phi) is 4.61. The average molecular weight is 315 g/mol. The maximum atomic E-state index is 12.6. The highest BCUT2D eigenvalue weighted by Crippen LogP contribution is 2.34. The van der Waals surface area contributed by atoms with Gasteiger partial charge in [-0.15, -0.1) is 0 Å². The molecule has 0 saturated heterocycles. The number of alkyl halides is 2. The molecule has 7 heteroatoms. The van der Waals surface area contributed by atoms with Crippen LogP contribution in [0.4, 0.5) is 8.78 Å². The summed E-state index contributed by atoms with van der Waals surface area (Å²) in [6.07, 6.45) is -1.72. The lowest BCUT2D eigenvalue weighted by molar-refractivity contribution is 0.0525. The number of hydrogen-bond donors (Lipinski definition) is 0. The van der Waals surface area contributed by atoms with E-state index in [0.717, 1.165) is 6.20 Å². The van der Waals surface area contributed by atoms with Crippen molar-refractivity contribution in [1.82, 2.24) is 4.98 Å². The first-order valence-corrected chi connectivity index (χ1v) is 5.45. The number of hydrogen-bond acceptors (Lipinski definition) is 3. The van der Waals surface area contributed by atoms with Crippen molar-refractivity contribution in [2.24, 2.45) is 0 Å². The summed E-state index contributed by atoms with van der Waals surface area (Å²) in [6.45, 7) is 1.74. The molecule has 0 N–H and O–H groups in total. The Labute approximate surface area is 104 Å². The van der Waals surface area contributed by atoms with E-state index in [0.29, 0.717) is 0 Å². The second-order valence-corrected chi connectivity index (χ2v) is 3.84. The zero-order valence-corrected chi connectivity index (χ0v) is 10.5. The summed E-state index contributed by atoms with van der Waals surface area (Å²) in [5.41, 5.74) is -0.672. The van der Waals surface area contributed by atoms with Crippen molar-refractivity contribution in [2.75, 3.05) is 6.61 Å². The molecule has 0 bridgehead atoms. The van der Waals surface area contributed by atoms with Crippen LogP contribution >= 0.6 is 27.5 Å². The molecular weight excluding hydrogens is 307 g/mol. The van der Waals surface area contributed by atoms with Gasteiger partial charge in [0.15, 0.2) is 0 Å². The molecule has 3 nitrogen and oxygen atoms in total. The van der Waals surface area contributed by atoms with Gasteiger partial charge in [0.05, 0.1) is 22.8 Å². The zero-order valence-electron chi connectivity index (χ0n) is 8.14. The molecule has 0 aromatic carbocycles. The van der Waals surface area contributed by atoms with Crippen LogP contribution < -0.4 is 0 Å². The Bertz CT molecular complexity index is 415. The van der Waals surface area contributed by atoms with E-state index in [9.17, 15) is 13.6 Å². The molecule has 1 heterocycles. The van der Waals surface area contributed by atoms with Crippen molar-refractivity contribution in [3.05, 3.63) is 26.9 Å². The lowest BCUT2D eigenvalue weighted by atomic mass is 10.2. The smallest absolute Gasteiger partial charge is 0.341 e. The molecule has 0 aliphatic heterocycles. The SMILES string of the molecule is CCOC(=O)c1cnc(Br)c(C(F)F)c1Cl. The predicted molar refractivity (Wildman–Crippen MR) is 57.9 cm³/mol. The van der Waals surface area contributed by atoms with Crippen molar-refractivity contribution in [1.29, 1.82) is 0 Å². The third kappa shape index (κ3) is 2.68. The van der Waals surface area contributed by atoms with E-state index in [1.54, 1.807) is 6.92 Å². The van der Waals surface area contributed by atoms with E-state index in [-0.39, 0.29) is 21.8 Å². The van der Waals surface area contributed by atoms with Crippen molar-refractivity contribution < 1.29 is 18.3 Å². The molecule has 0 radical (unpaired) electrons. The van der Waals surface area contributed by atoms with Gasteiger partial charge < -0.3 is 4.74 Å². The van der Waals surface area contributed by atoms with Crippen molar-refractivity contribution in [3.63, 3.8) is 0 Å². The molecule has 0 aliphatic carbocycles. The number of nitrogens with zero attached hydrogens (tertiary/aromatic N) is 1. The van der Waals surface area contributed by atoms with E-state index < -0.39 is 18.0 Å². The zero-order chi connectivity index (χ0) is 12.3. The average Bonchev–Trinajstić information content (AvgIpc) is 2.17. The normalized spacial score (nSPS) is 10.6. The molecule has 0 unspecified atom stereocenters. The van der Waals surface area contributed by atoms with Crippen molar-refractivity contribution in [2.45, 2.75) is 13.3 Å². The second-order valence-electron chi connectivity index (χ2n) is 2.71. The Morgan fingerprint density at radius 3 is 2.81 bits per heavy atom. The van der Waals surface area contributed by atoms with Crippen molar-refractivity contribution >= 4 is 33.5 Å². The van der Waals surface area contributed by atoms with Gasteiger partial charge in [0, 0.05) is 6.20 Å². The van der Waals surface area contributed by atoms with Crippen LogP contribution in [0, 0.1) is 0 Å². The maximum absolute atomic E-state index is 12.6. The van der Waals surface area contributed by atoms with Gasteiger partial charge in [-0.3, -0.25) is 0 Å². The standard InChI is InChI=1S/C9H7BrClF2NO2/c1-2-16-9(15)4-3-14-7(10)5(6(4)11)8(12)13/h3,8H,2H2,1H3. The van der Waals surface area contributed by atoms with Gasteiger partial charge in [-0.2, -0.15) is 0 Å². The summed E-state index contributed by atoms with van der Waals surface area (Å²) in [5, 5.41) is -0.338. The minimum absolute atomic E-state index is 0.0828. The lowest BCUT2D eigenvalue weighted by Crippen LogP contribution is -2.08. The highest BCUT2D eigenvalue weighted by Gasteiger charge is 2.23. The Morgan fingerprint density at radius 2 is 2.31 bits per heavy atom. The molecule has 1 rings (SSSR count). The van der Waals surface area contributed by atoms with E-state index in [1.807, 2.05) is 0 Å². The van der Waals surface area contributed by atoms with Gasteiger partial charge in [0.2, 0.25) is 0 Å². The molecule has 1 aromatic heterocycles. The van der Waals surface area contributed by atoms with Crippen LogP contribution in [0.1, 0.15) is 29.3 Å². The number of halogens is 4. The highest BCUT2D eigenvalue weighted by atomic mass is 79.9. The number of aromatic nitrogens is 1. The summed E-state index contributed by atoms with van der Waals surface area (Å²) in [6, 6.07) is 0. The van der Waals surface area contributed by atoms with E-state index >= 15 is 0 Å². The Balaban J connectivity index is 3.23. The van der Waals surface area contributed by atoms with E-state index in [2.05, 4.69) is 25.7 Å². The maximum Gasteiger partial charge on any atom is 0.341 e. The summed E-state index contributed by atoms with van der Waals surface area (Å²) < 4.78 is 29.8. The molecule has 0 aliphatic rings. The van der Waals surface area contributed by atoms with Crippen LogP contribution in [0.3, 0.4) is 0 Å². The van der Waals surface area contributed by atoms with Gasteiger partial charge in [-0.1, -0.05) is 11.6 Å². The van der Waals surface area contributed by atoms with Gasteiger partial charge in [0.25, 0.3) is 6.43 Å². The molecule has 0 saturated carbocycles. The molecule has 1 aromatic rings. The molecular formula is C9H7BrClF2NO2. The third-order valence-corrected chi connectivity index (χ3v) is 2.75. The second kappa shape index (κ2) is 5.54. The number of ether oxygens (including phenoxy) is 1. The van der Waals surface area contributed by atoms with E-state index in [1.165, 1.54) is 0 Å². The molecule has 0 fully saturated rings. The minimum atomic E-state index is -2.82. The summed E-state index contributed by atoms with van der Waals surface area (Å²) in [7, 11) is 0.